The van der Waals surface area contributed by atoms with Gasteiger partial charge in [-0.05, 0) is 5.56 Å². The van der Waals surface area contributed by atoms with Crippen LogP contribution in [0.1, 0.15) is 37.4 Å². The fourth-order valence-electron chi connectivity index (χ4n) is 3.93. The van der Waals surface area contributed by atoms with Gasteiger partial charge in [0, 0.05) is 25.7 Å². The zero-order valence-electron chi connectivity index (χ0n) is 14.4. The van der Waals surface area contributed by atoms with Gasteiger partial charge in [-0.25, -0.2) is 4.79 Å². The standard InChI is InChI=1S/C17H24NO3.NO3/c1-18(2)13-8-9-14(18)11-15(10-13)21-17(20)16(19)12-6-4-3-5-7-12;2-1(3)4/h3-7,13-16,19H,8-11H2,1-2H3;/q+1;-1/t13-,14+,15?,16?;. The van der Waals surface area contributed by atoms with Crippen LogP contribution in [0.5, 0.6) is 0 Å². The molecule has 0 saturated carbocycles. The predicted molar refractivity (Wildman–Crippen MR) is 89.8 cm³/mol. The van der Waals surface area contributed by atoms with Gasteiger partial charge in [-0.3, -0.25) is 0 Å². The van der Waals surface area contributed by atoms with E-state index in [-0.39, 0.29) is 6.10 Å². The van der Waals surface area contributed by atoms with Crippen molar-refractivity contribution in [3.05, 3.63) is 51.2 Å². The average molecular weight is 352 g/mol. The quantitative estimate of drug-likeness (QED) is 0.384. The second-order valence-electron chi connectivity index (χ2n) is 7.08. The third kappa shape index (κ3) is 4.67. The van der Waals surface area contributed by atoms with Crippen LogP contribution < -0.4 is 0 Å². The summed E-state index contributed by atoms with van der Waals surface area (Å²) in [5.41, 5.74) is 0.595. The van der Waals surface area contributed by atoms with Crippen LogP contribution in [0.2, 0.25) is 0 Å². The highest BCUT2D eigenvalue weighted by Crippen LogP contribution is 2.40. The van der Waals surface area contributed by atoms with Crippen molar-refractivity contribution < 1.29 is 24.2 Å². The van der Waals surface area contributed by atoms with E-state index in [1.54, 1.807) is 12.1 Å². The first-order valence-corrected chi connectivity index (χ1v) is 8.30. The van der Waals surface area contributed by atoms with Gasteiger partial charge in [0.2, 0.25) is 0 Å². The number of ether oxygens (including phenoxy) is 1. The first kappa shape index (κ1) is 19.1. The number of hydrogen-bond acceptors (Lipinski definition) is 6. The second kappa shape index (κ2) is 7.79. The Kier molecular flexibility index (Phi) is 5.97. The van der Waals surface area contributed by atoms with E-state index in [1.165, 1.54) is 12.8 Å². The molecule has 1 aromatic rings. The summed E-state index contributed by atoms with van der Waals surface area (Å²) in [6, 6.07) is 10.1. The molecule has 8 nitrogen and oxygen atoms in total. The minimum Gasteiger partial charge on any atom is -0.460 e. The first-order chi connectivity index (χ1) is 11.7. The van der Waals surface area contributed by atoms with Gasteiger partial charge in [0.25, 0.3) is 0 Å². The third-order valence-corrected chi connectivity index (χ3v) is 5.41. The summed E-state index contributed by atoms with van der Waals surface area (Å²) in [6.45, 7) is 0. The molecular weight excluding hydrogens is 328 g/mol. The molecule has 1 aromatic carbocycles. The van der Waals surface area contributed by atoms with Crippen molar-refractivity contribution in [1.82, 2.24) is 0 Å². The number of aliphatic hydroxyl groups is 1. The van der Waals surface area contributed by atoms with Crippen molar-refractivity contribution in [2.75, 3.05) is 14.1 Å². The summed E-state index contributed by atoms with van der Waals surface area (Å²) >= 11 is 0. The molecule has 2 aliphatic rings. The number of esters is 1. The smallest absolute Gasteiger partial charge is 0.339 e. The van der Waals surface area contributed by atoms with E-state index in [9.17, 15) is 9.90 Å². The number of quaternary nitrogens is 1. The number of aliphatic hydroxyl groups excluding tert-OH is 1. The zero-order chi connectivity index (χ0) is 18.6. The monoisotopic (exact) mass is 352 g/mol. The van der Waals surface area contributed by atoms with E-state index in [4.69, 9.17) is 20.1 Å². The van der Waals surface area contributed by atoms with Crippen molar-refractivity contribution in [3.63, 3.8) is 0 Å². The van der Waals surface area contributed by atoms with Gasteiger partial charge >= 0.3 is 5.97 Å². The minimum atomic E-state index is -1.75. The number of fused-ring (bicyclic) bond motifs is 2. The molecule has 2 bridgehead atoms. The number of piperidine rings is 1. The predicted octanol–water partition coefficient (Wildman–Crippen LogP) is 1.79. The van der Waals surface area contributed by atoms with Crippen molar-refractivity contribution in [1.29, 1.82) is 0 Å². The Balaban J connectivity index is 0.000000511. The molecule has 0 amide bonds. The van der Waals surface area contributed by atoms with Crippen molar-refractivity contribution in [2.45, 2.75) is 50.0 Å². The molecular formula is C17H24N2O6. The number of carbonyl (C=O) groups excluding carboxylic acids is 1. The van der Waals surface area contributed by atoms with Crippen molar-refractivity contribution in [2.24, 2.45) is 0 Å². The van der Waals surface area contributed by atoms with Crippen LogP contribution in [0.15, 0.2) is 30.3 Å². The van der Waals surface area contributed by atoms with Gasteiger partial charge in [0.05, 0.1) is 31.3 Å². The molecule has 4 atom stereocenters. The molecule has 25 heavy (non-hydrogen) atoms. The highest BCUT2D eigenvalue weighted by molar-refractivity contribution is 5.76. The Morgan fingerprint density at radius 3 is 2.16 bits per heavy atom. The Hall–Kier alpha value is -2.19. The Labute approximate surface area is 146 Å². The number of rotatable bonds is 3. The van der Waals surface area contributed by atoms with Crippen LogP contribution in [-0.2, 0) is 9.53 Å². The van der Waals surface area contributed by atoms with E-state index in [1.807, 2.05) is 18.2 Å². The number of carbonyl (C=O) groups is 1. The van der Waals surface area contributed by atoms with Gasteiger partial charge in [-0.2, -0.15) is 0 Å². The lowest BCUT2D eigenvalue weighted by atomic mass is 9.97. The second-order valence-corrected chi connectivity index (χ2v) is 7.08. The molecule has 8 heteroatoms. The molecule has 138 valence electrons. The summed E-state index contributed by atoms with van der Waals surface area (Å²) in [4.78, 5) is 20.4. The van der Waals surface area contributed by atoms with Crippen LogP contribution in [-0.4, -0.2) is 52.9 Å². The summed E-state index contributed by atoms with van der Waals surface area (Å²) in [5.74, 6) is -0.516. The Morgan fingerprint density at radius 1 is 1.20 bits per heavy atom. The number of nitrogens with zero attached hydrogens (tertiary/aromatic N) is 2. The fourth-order valence-corrected chi connectivity index (χ4v) is 3.93. The summed E-state index contributed by atoms with van der Waals surface area (Å²) in [5, 5.41) is 24.8. The molecule has 2 saturated heterocycles. The summed E-state index contributed by atoms with van der Waals surface area (Å²) in [6.07, 6.45) is 3.04. The lowest BCUT2D eigenvalue weighted by molar-refractivity contribution is -0.931. The fraction of sp³-hybridized carbons (Fsp3) is 0.588. The Bertz CT molecular complexity index is 586. The maximum Gasteiger partial charge on any atom is 0.339 e. The maximum absolute atomic E-state index is 12.1. The molecule has 2 unspecified atom stereocenters. The normalized spacial score (nSPS) is 27.6. The van der Waals surface area contributed by atoms with Crippen LogP contribution >= 0.6 is 0 Å². The topological polar surface area (TPSA) is 113 Å². The molecule has 1 N–H and O–H groups in total. The van der Waals surface area contributed by atoms with E-state index < -0.39 is 17.2 Å². The number of hydrogen-bond donors (Lipinski definition) is 1. The molecule has 3 rings (SSSR count). The summed E-state index contributed by atoms with van der Waals surface area (Å²) in [7, 11) is 4.55. The largest absolute Gasteiger partial charge is 0.460 e. The van der Waals surface area contributed by atoms with Crippen LogP contribution in [0.3, 0.4) is 0 Å². The SMILES string of the molecule is C[N+]1(C)[C@@H]2CC[C@H]1CC(OC(=O)C(O)c1ccccc1)C2.O=[N+]([O-])[O-]. The van der Waals surface area contributed by atoms with E-state index in [0.29, 0.717) is 17.6 Å². The third-order valence-electron chi connectivity index (χ3n) is 5.41. The van der Waals surface area contributed by atoms with Crippen molar-refractivity contribution >= 4 is 5.97 Å². The zero-order valence-corrected chi connectivity index (χ0v) is 14.4. The van der Waals surface area contributed by atoms with Gasteiger partial charge in [-0.1, -0.05) is 30.3 Å². The van der Waals surface area contributed by atoms with Gasteiger partial charge < -0.3 is 29.6 Å². The van der Waals surface area contributed by atoms with Crippen LogP contribution in [0.4, 0.5) is 0 Å². The molecule has 0 spiro atoms. The van der Waals surface area contributed by atoms with Gasteiger partial charge in [0.1, 0.15) is 6.10 Å². The van der Waals surface area contributed by atoms with Gasteiger partial charge in [0.15, 0.2) is 6.10 Å². The lowest BCUT2D eigenvalue weighted by Crippen LogP contribution is -2.56. The summed E-state index contributed by atoms with van der Waals surface area (Å²) < 4.78 is 6.63. The van der Waals surface area contributed by atoms with E-state index in [2.05, 4.69) is 14.1 Å². The minimum absolute atomic E-state index is 0.0421. The molecule has 2 aliphatic heterocycles. The molecule has 2 heterocycles. The highest BCUT2D eigenvalue weighted by atomic mass is 16.9. The first-order valence-electron chi connectivity index (χ1n) is 8.30. The maximum atomic E-state index is 12.1. The molecule has 0 aromatic heterocycles. The van der Waals surface area contributed by atoms with Gasteiger partial charge in [-0.15, -0.1) is 0 Å². The average Bonchev–Trinajstić information content (AvgIpc) is 2.73. The van der Waals surface area contributed by atoms with Crippen LogP contribution in [0.25, 0.3) is 0 Å². The van der Waals surface area contributed by atoms with Crippen molar-refractivity contribution in [3.8, 4) is 0 Å². The Morgan fingerprint density at radius 2 is 1.68 bits per heavy atom. The van der Waals surface area contributed by atoms with E-state index in [0.717, 1.165) is 17.3 Å². The highest BCUT2D eigenvalue weighted by Gasteiger charge is 2.50. The number of benzene rings is 1. The molecule has 0 radical (unpaired) electrons. The van der Waals surface area contributed by atoms with Crippen LogP contribution in [0, 0.1) is 15.3 Å². The van der Waals surface area contributed by atoms with E-state index >= 15 is 0 Å². The molecule has 2 fully saturated rings. The molecule has 0 aliphatic carbocycles. The lowest BCUT2D eigenvalue weighted by Gasteiger charge is -2.43.